The van der Waals surface area contributed by atoms with E-state index in [0.717, 1.165) is 21.3 Å². The van der Waals surface area contributed by atoms with Crippen molar-refractivity contribution in [3.8, 4) is 39.1 Å². The van der Waals surface area contributed by atoms with Crippen LogP contribution in [0.5, 0.6) is 0 Å². The Bertz CT molecular complexity index is 3520. The zero-order chi connectivity index (χ0) is 47.4. The van der Waals surface area contributed by atoms with Crippen LogP contribution in [-0.2, 0) is 0 Å². The Labute approximate surface area is 337 Å². The number of hydrogen-bond acceptors (Lipinski definition) is 1. The number of rotatable bonds is 7. The number of hydrogen-bond donors (Lipinski definition) is 1. The molecule has 1 heterocycles. The molecule has 0 radical (unpaired) electrons. The van der Waals surface area contributed by atoms with Crippen molar-refractivity contribution in [3.63, 3.8) is 0 Å². The molecule has 0 atom stereocenters. The summed E-state index contributed by atoms with van der Waals surface area (Å²) in [5.41, 5.74) is 4.85. The Morgan fingerprint density at radius 3 is 1.91 bits per heavy atom. The lowest BCUT2D eigenvalue weighted by atomic mass is 9.97. The van der Waals surface area contributed by atoms with Crippen molar-refractivity contribution in [2.24, 2.45) is 9.98 Å². The van der Waals surface area contributed by atoms with Crippen LogP contribution >= 0.6 is 0 Å². The first-order chi connectivity index (χ1) is 32.2. The molecule has 0 amide bonds. The third-order valence-electron chi connectivity index (χ3n) is 9.09. The monoisotopic (exact) mass is 716 g/mol. The third kappa shape index (κ3) is 6.93. The summed E-state index contributed by atoms with van der Waals surface area (Å²) in [6.07, 6.45) is 1.65. The lowest BCUT2D eigenvalue weighted by Gasteiger charge is -2.10. The average Bonchev–Trinajstić information content (AvgIpc) is 3.71. The molecule has 55 heavy (non-hydrogen) atoms. The Kier molecular flexibility index (Phi) is 6.12. The van der Waals surface area contributed by atoms with Crippen molar-refractivity contribution in [3.05, 3.63) is 223 Å². The van der Waals surface area contributed by atoms with Gasteiger partial charge in [0, 0.05) is 33.8 Å². The van der Waals surface area contributed by atoms with Crippen LogP contribution in [0, 0.1) is 5.41 Å². The van der Waals surface area contributed by atoms with Crippen LogP contribution in [0.4, 0.5) is 0 Å². The number of aromatic nitrogens is 1. The van der Waals surface area contributed by atoms with Crippen LogP contribution in [0.1, 0.15) is 33.1 Å². The van der Waals surface area contributed by atoms with Crippen LogP contribution in [0.2, 0.25) is 0 Å². The molecule has 1 N–H and O–H groups in total. The molecular weight excluding hydrogens is 669 g/mol. The summed E-state index contributed by atoms with van der Waals surface area (Å²) in [5.74, 6) is 0.362. The highest BCUT2D eigenvalue weighted by Gasteiger charge is 2.14. The molecule has 9 aromatic rings. The van der Waals surface area contributed by atoms with E-state index in [1.165, 1.54) is 0 Å². The second-order valence-electron chi connectivity index (χ2n) is 12.6. The molecular formula is C51H36N4. The predicted molar refractivity (Wildman–Crippen MR) is 231 cm³/mol. The van der Waals surface area contributed by atoms with Gasteiger partial charge in [-0.25, -0.2) is 9.98 Å². The van der Waals surface area contributed by atoms with E-state index in [4.69, 9.17) is 22.7 Å². The van der Waals surface area contributed by atoms with Crippen LogP contribution in [0.15, 0.2) is 216 Å². The highest BCUT2D eigenvalue weighted by atomic mass is 15.0. The van der Waals surface area contributed by atoms with Gasteiger partial charge in [-0.2, -0.15) is 0 Å². The first-order valence-corrected chi connectivity index (χ1v) is 17.4. The first-order valence-electron chi connectivity index (χ1n) is 23.4. The Balaban J connectivity index is 1.14. The summed E-state index contributed by atoms with van der Waals surface area (Å²) in [6, 6.07) is 34.2. The minimum absolute atomic E-state index is 0.0361. The number of aliphatic imine (C=N–C) groups is 2. The number of benzene rings is 8. The fraction of sp³-hybridized carbons (Fsp3) is 0. The molecule has 0 fully saturated rings. The van der Waals surface area contributed by atoms with Crippen molar-refractivity contribution in [2.75, 3.05) is 0 Å². The van der Waals surface area contributed by atoms with Gasteiger partial charge in [0.05, 0.1) is 27.5 Å². The maximum absolute atomic E-state index is 9.66. The summed E-state index contributed by atoms with van der Waals surface area (Å²) in [7, 11) is 0. The van der Waals surface area contributed by atoms with Crippen molar-refractivity contribution < 1.29 is 16.4 Å². The predicted octanol–water partition coefficient (Wildman–Crippen LogP) is 12.7. The fourth-order valence-electron chi connectivity index (χ4n) is 6.40. The van der Waals surface area contributed by atoms with Gasteiger partial charge in [0.15, 0.2) is 11.7 Å². The Hall–Kier alpha value is -7.43. The highest BCUT2D eigenvalue weighted by Crippen LogP contribution is 2.35. The molecule has 0 aliphatic rings. The zero-order valence-corrected chi connectivity index (χ0v) is 29.1. The van der Waals surface area contributed by atoms with Crippen LogP contribution in [-0.4, -0.2) is 22.5 Å². The van der Waals surface area contributed by atoms with Gasteiger partial charge in [-0.15, -0.1) is 0 Å². The lowest BCUT2D eigenvalue weighted by Crippen LogP contribution is -2.04. The zero-order valence-electron chi connectivity index (χ0n) is 41.1. The SMILES string of the molecule is [2H]c1c([2H])c([2H])c(-n2c3c([2H])c([2H])c([2H])c([2H])c3c3c([2H])c([2H])c(-c4cccc(-c5cccc(C=NC(=NC(=N)c6ccc(-c7ccccc7)cc6)c6ccccc6)c5)c4)c([2H])c32)c([2H])c1[2H]. The van der Waals surface area contributed by atoms with Crippen LogP contribution in [0.3, 0.4) is 0 Å². The largest absolute Gasteiger partial charge is 0.309 e. The number of nitrogens with zero attached hydrogens (tertiary/aromatic N) is 3. The molecule has 260 valence electrons. The Morgan fingerprint density at radius 2 is 1.13 bits per heavy atom. The van der Waals surface area contributed by atoms with Gasteiger partial charge in [0.2, 0.25) is 0 Å². The van der Waals surface area contributed by atoms with E-state index < -0.39 is 72.2 Å². The molecule has 0 saturated heterocycles. The minimum Gasteiger partial charge on any atom is -0.309 e. The van der Waals surface area contributed by atoms with E-state index >= 15 is 0 Å². The van der Waals surface area contributed by atoms with E-state index in [9.17, 15) is 4.11 Å². The van der Waals surface area contributed by atoms with Gasteiger partial charge in [0.25, 0.3) is 0 Å². The van der Waals surface area contributed by atoms with E-state index in [1.54, 1.807) is 24.4 Å². The molecule has 4 heteroatoms. The molecule has 0 saturated carbocycles. The molecule has 0 bridgehead atoms. The summed E-state index contributed by atoms with van der Waals surface area (Å²) < 4.78 is 107. The number of para-hydroxylation sites is 2. The minimum atomic E-state index is -0.699. The standard InChI is InChI=1S/C51H36N4/c52-50(39-28-26-38(27-29-39)37-15-4-1-5-16-37)54-51(40-17-6-2-7-18-40)53-35-36-14-12-19-41(32-36)42-20-13-21-43(33-42)44-30-31-47-46-24-10-11-25-48(46)55(49(47)34-44)45-22-8-3-9-23-45/h1-35,52H/i3D,8D,9D,10D,11D,22D,23D,24D,25D,30D,31D,34D. The summed E-state index contributed by atoms with van der Waals surface area (Å²) in [5, 5.41) is 8.48. The lowest BCUT2D eigenvalue weighted by molar-refractivity contribution is 1.18. The van der Waals surface area contributed by atoms with Gasteiger partial charge in [-0.3, -0.25) is 5.41 Å². The van der Waals surface area contributed by atoms with Crippen molar-refractivity contribution in [2.45, 2.75) is 0 Å². The van der Waals surface area contributed by atoms with E-state index in [0.29, 0.717) is 33.7 Å². The molecule has 9 rings (SSSR count). The van der Waals surface area contributed by atoms with Crippen LogP contribution in [0.25, 0.3) is 60.9 Å². The second-order valence-corrected chi connectivity index (χ2v) is 12.6. The molecule has 0 aliphatic heterocycles. The van der Waals surface area contributed by atoms with Gasteiger partial charge >= 0.3 is 0 Å². The molecule has 0 aliphatic carbocycles. The maximum atomic E-state index is 9.66. The molecule has 1 aromatic heterocycles. The third-order valence-corrected chi connectivity index (χ3v) is 9.09. The summed E-state index contributed by atoms with van der Waals surface area (Å²) in [4.78, 5) is 9.41. The van der Waals surface area contributed by atoms with Crippen molar-refractivity contribution in [1.29, 1.82) is 5.41 Å². The van der Waals surface area contributed by atoms with Gasteiger partial charge in [0.1, 0.15) is 0 Å². The Morgan fingerprint density at radius 1 is 0.509 bits per heavy atom. The van der Waals surface area contributed by atoms with Gasteiger partial charge < -0.3 is 4.57 Å². The highest BCUT2D eigenvalue weighted by molar-refractivity contribution is 6.13. The second kappa shape index (κ2) is 14.9. The quantitative estimate of drug-likeness (QED) is 0.126. The smallest absolute Gasteiger partial charge is 0.161 e. The summed E-state index contributed by atoms with van der Waals surface area (Å²) in [6.45, 7) is 0. The number of fused-ring (bicyclic) bond motifs is 3. The maximum Gasteiger partial charge on any atom is 0.161 e. The molecule has 0 spiro atoms. The van der Waals surface area contributed by atoms with Gasteiger partial charge in [-0.05, 0) is 75.2 Å². The van der Waals surface area contributed by atoms with Crippen LogP contribution < -0.4 is 0 Å². The molecule has 4 nitrogen and oxygen atoms in total. The fourth-order valence-corrected chi connectivity index (χ4v) is 6.40. The average molecular weight is 717 g/mol. The molecule has 8 aromatic carbocycles. The summed E-state index contributed by atoms with van der Waals surface area (Å²) >= 11 is 0. The normalized spacial score (nSPS) is 14.8. The van der Waals surface area contributed by atoms with Crippen molar-refractivity contribution in [1.82, 2.24) is 4.57 Å². The van der Waals surface area contributed by atoms with E-state index in [2.05, 4.69) is 4.99 Å². The van der Waals surface area contributed by atoms with E-state index in [-0.39, 0.29) is 39.2 Å². The topological polar surface area (TPSA) is 53.5 Å². The first kappa shape index (κ1) is 22.6. The van der Waals surface area contributed by atoms with Gasteiger partial charge in [-0.1, -0.05) is 170 Å². The van der Waals surface area contributed by atoms with E-state index in [1.807, 2.05) is 115 Å². The number of nitrogens with one attached hydrogen (secondary N) is 1. The van der Waals surface area contributed by atoms with Crippen molar-refractivity contribution >= 4 is 39.7 Å². The molecule has 0 unspecified atom stereocenters. The number of amidine groups is 2.